The minimum Gasteiger partial charge on any atom is -0.489 e. The fourth-order valence-electron chi connectivity index (χ4n) is 4.06. The van der Waals surface area contributed by atoms with Crippen LogP contribution in [-0.4, -0.2) is 28.5 Å². The topological polar surface area (TPSA) is 46.5 Å². The Kier molecular flexibility index (Phi) is 2.40. The zero-order valence-corrected chi connectivity index (χ0v) is 11.8. The molecule has 1 aromatic carbocycles. The Morgan fingerprint density at radius 1 is 1.40 bits per heavy atom. The second-order valence-electron chi connectivity index (χ2n) is 5.98. The van der Waals surface area contributed by atoms with Gasteiger partial charge in [0, 0.05) is 11.5 Å². The summed E-state index contributed by atoms with van der Waals surface area (Å²) in [7, 11) is 0. The van der Waals surface area contributed by atoms with E-state index >= 15 is 0 Å². The van der Waals surface area contributed by atoms with Crippen LogP contribution in [0.5, 0.6) is 5.75 Å². The van der Waals surface area contributed by atoms with Crippen LogP contribution in [0, 0.1) is 11.8 Å². The lowest BCUT2D eigenvalue weighted by Gasteiger charge is -2.50. The van der Waals surface area contributed by atoms with E-state index < -0.39 is 5.60 Å². The Balaban J connectivity index is 1.90. The monoisotopic (exact) mass is 290 g/mol. The minimum atomic E-state index is -1.49. The zero-order chi connectivity index (χ0) is 14.1. The number of fused-ring (bicyclic) bond motifs is 2. The number of ether oxygens (including phenoxy) is 1. The third-order valence-corrected chi connectivity index (χ3v) is 5.41. The van der Waals surface area contributed by atoms with Gasteiger partial charge in [-0.3, -0.25) is 4.79 Å². The lowest BCUT2D eigenvalue weighted by Crippen LogP contribution is -2.64. The lowest BCUT2D eigenvalue weighted by atomic mass is 9.56. The molecule has 1 aromatic rings. The number of ketones is 1. The lowest BCUT2D eigenvalue weighted by molar-refractivity contribution is -0.156. The molecule has 3 aliphatic carbocycles. The van der Waals surface area contributed by atoms with E-state index in [0.717, 1.165) is 16.9 Å². The molecule has 5 atom stereocenters. The number of carbonyl (C=O) groups excluding carboxylic acids is 1. The quantitative estimate of drug-likeness (QED) is 0.637. The molecule has 1 fully saturated rings. The van der Waals surface area contributed by atoms with Gasteiger partial charge < -0.3 is 9.84 Å². The molecule has 1 N–H and O–H groups in total. The SMILES string of the molecule is CC1=C[C@H]2[C@H]3Oc4ccccc4[C@H]3[C@@H]1C(=O)[C@@]2(O)CCl. The van der Waals surface area contributed by atoms with Crippen molar-refractivity contribution in [3.8, 4) is 5.75 Å². The van der Waals surface area contributed by atoms with Gasteiger partial charge in [0.05, 0.1) is 17.7 Å². The zero-order valence-electron chi connectivity index (χ0n) is 11.0. The Hall–Kier alpha value is -1.32. The predicted octanol–water partition coefficient (Wildman–Crippen LogP) is 2.28. The molecule has 104 valence electrons. The van der Waals surface area contributed by atoms with Crippen LogP contribution in [0.2, 0.25) is 0 Å². The molecule has 0 saturated heterocycles. The number of halogens is 1. The van der Waals surface area contributed by atoms with Gasteiger partial charge >= 0.3 is 0 Å². The second kappa shape index (κ2) is 3.86. The molecule has 0 unspecified atom stereocenters. The van der Waals surface area contributed by atoms with Crippen molar-refractivity contribution in [2.24, 2.45) is 11.8 Å². The highest BCUT2D eigenvalue weighted by molar-refractivity contribution is 6.21. The van der Waals surface area contributed by atoms with Crippen LogP contribution >= 0.6 is 11.6 Å². The number of rotatable bonds is 1. The number of allylic oxidation sites excluding steroid dienone is 1. The fraction of sp³-hybridized carbons (Fsp3) is 0.438. The highest BCUT2D eigenvalue weighted by Gasteiger charge is 2.64. The van der Waals surface area contributed by atoms with Gasteiger partial charge in [-0.1, -0.05) is 29.8 Å². The first kappa shape index (κ1) is 12.4. The summed E-state index contributed by atoms with van der Waals surface area (Å²) < 4.78 is 6.02. The Bertz CT molecular complexity index is 638. The maximum Gasteiger partial charge on any atom is 0.174 e. The summed E-state index contributed by atoms with van der Waals surface area (Å²) in [5.41, 5.74) is 0.607. The van der Waals surface area contributed by atoms with Crippen molar-refractivity contribution in [3.63, 3.8) is 0 Å². The number of hydrogen-bond donors (Lipinski definition) is 1. The summed E-state index contributed by atoms with van der Waals surface area (Å²) in [6.45, 7) is 1.96. The molecule has 2 bridgehead atoms. The molecule has 5 rings (SSSR count). The first-order valence-corrected chi connectivity index (χ1v) is 7.38. The number of Topliss-reactive ketones (excluding diaryl/α,β-unsaturated/α-hetero) is 1. The van der Waals surface area contributed by atoms with Crippen LogP contribution in [0.3, 0.4) is 0 Å². The third-order valence-electron chi connectivity index (χ3n) is 5.01. The Morgan fingerprint density at radius 3 is 2.90 bits per heavy atom. The van der Waals surface area contributed by atoms with Crippen LogP contribution in [0.1, 0.15) is 18.4 Å². The largest absolute Gasteiger partial charge is 0.489 e. The Labute approximate surface area is 122 Å². The maximum atomic E-state index is 12.7. The van der Waals surface area contributed by atoms with Gasteiger partial charge in [0.2, 0.25) is 0 Å². The first-order valence-electron chi connectivity index (χ1n) is 6.84. The van der Waals surface area contributed by atoms with Gasteiger partial charge in [-0.25, -0.2) is 0 Å². The summed E-state index contributed by atoms with van der Waals surface area (Å²) in [5, 5.41) is 10.7. The summed E-state index contributed by atoms with van der Waals surface area (Å²) in [6, 6.07) is 7.83. The van der Waals surface area contributed by atoms with Gasteiger partial charge in [-0.2, -0.15) is 0 Å². The smallest absolute Gasteiger partial charge is 0.174 e. The summed E-state index contributed by atoms with van der Waals surface area (Å²) in [6.07, 6.45) is 1.78. The van der Waals surface area contributed by atoms with Gasteiger partial charge in [0.15, 0.2) is 5.78 Å². The molecule has 4 heteroatoms. The molecule has 4 aliphatic rings. The Morgan fingerprint density at radius 2 is 2.15 bits per heavy atom. The average Bonchev–Trinajstić information content (AvgIpc) is 2.84. The van der Waals surface area contributed by atoms with Crippen molar-refractivity contribution in [2.45, 2.75) is 24.5 Å². The number of aliphatic hydroxyl groups is 1. The van der Waals surface area contributed by atoms with E-state index in [0.29, 0.717) is 0 Å². The fourth-order valence-corrected chi connectivity index (χ4v) is 4.37. The second-order valence-corrected chi connectivity index (χ2v) is 6.25. The summed E-state index contributed by atoms with van der Waals surface area (Å²) >= 11 is 5.90. The molecule has 0 spiro atoms. The molecule has 20 heavy (non-hydrogen) atoms. The molecule has 1 saturated carbocycles. The first-order chi connectivity index (χ1) is 9.58. The van der Waals surface area contributed by atoms with Gasteiger partial charge in [-0.15, -0.1) is 11.6 Å². The minimum absolute atomic E-state index is 0.0113. The standard InChI is InChI=1S/C16H15ClO3/c1-8-6-10-14-13(9-4-2-3-5-11(9)20-14)12(8)15(18)16(10,19)7-17/h2-6,10,12-14,19H,7H2,1H3/t10-,12+,13-,14+,16+/m0/s1. The van der Waals surface area contributed by atoms with Crippen molar-refractivity contribution < 1.29 is 14.6 Å². The van der Waals surface area contributed by atoms with Gasteiger partial charge in [0.25, 0.3) is 0 Å². The molecular formula is C16H15ClO3. The molecule has 1 heterocycles. The highest BCUT2D eigenvalue weighted by Crippen LogP contribution is 2.57. The van der Waals surface area contributed by atoms with Crippen molar-refractivity contribution in [1.82, 2.24) is 0 Å². The molecule has 0 amide bonds. The van der Waals surface area contributed by atoms with E-state index in [-0.39, 0.29) is 35.5 Å². The molecule has 0 aromatic heterocycles. The number of benzene rings is 1. The number of para-hydroxylation sites is 1. The van der Waals surface area contributed by atoms with E-state index in [1.54, 1.807) is 0 Å². The number of alkyl halides is 1. The molecule has 0 radical (unpaired) electrons. The highest BCUT2D eigenvalue weighted by atomic mass is 35.5. The summed E-state index contributed by atoms with van der Waals surface area (Å²) in [4.78, 5) is 12.7. The number of carbonyl (C=O) groups is 1. The normalized spacial score (nSPS) is 41.0. The van der Waals surface area contributed by atoms with Crippen LogP contribution in [0.25, 0.3) is 0 Å². The van der Waals surface area contributed by atoms with Crippen LogP contribution in [-0.2, 0) is 4.79 Å². The van der Waals surface area contributed by atoms with Gasteiger partial charge in [0.1, 0.15) is 17.5 Å². The maximum absolute atomic E-state index is 12.7. The van der Waals surface area contributed by atoms with Crippen LogP contribution in [0.15, 0.2) is 35.9 Å². The molecular weight excluding hydrogens is 276 g/mol. The number of hydrogen-bond acceptors (Lipinski definition) is 3. The van der Waals surface area contributed by atoms with Crippen LogP contribution < -0.4 is 4.74 Å². The average molecular weight is 291 g/mol. The van der Waals surface area contributed by atoms with E-state index in [2.05, 4.69) is 0 Å². The van der Waals surface area contributed by atoms with E-state index in [1.807, 2.05) is 37.3 Å². The predicted molar refractivity (Wildman–Crippen MR) is 75.0 cm³/mol. The van der Waals surface area contributed by atoms with E-state index in [9.17, 15) is 9.90 Å². The van der Waals surface area contributed by atoms with E-state index in [4.69, 9.17) is 16.3 Å². The van der Waals surface area contributed by atoms with Crippen molar-refractivity contribution in [1.29, 1.82) is 0 Å². The molecule has 1 aliphatic heterocycles. The van der Waals surface area contributed by atoms with E-state index in [1.165, 1.54) is 0 Å². The molecule has 3 nitrogen and oxygen atoms in total. The van der Waals surface area contributed by atoms with Crippen molar-refractivity contribution in [2.75, 3.05) is 5.88 Å². The van der Waals surface area contributed by atoms with Gasteiger partial charge in [-0.05, 0) is 13.0 Å². The van der Waals surface area contributed by atoms with Crippen molar-refractivity contribution in [3.05, 3.63) is 41.5 Å². The van der Waals surface area contributed by atoms with Crippen LogP contribution in [0.4, 0.5) is 0 Å². The summed E-state index contributed by atoms with van der Waals surface area (Å²) in [5.74, 6) is -0.0875. The third kappa shape index (κ3) is 1.28. The van der Waals surface area contributed by atoms with Crippen molar-refractivity contribution >= 4 is 17.4 Å².